The fourth-order valence-corrected chi connectivity index (χ4v) is 1.66. The predicted octanol–water partition coefficient (Wildman–Crippen LogP) is 3.41. The summed E-state index contributed by atoms with van der Waals surface area (Å²) in [6, 6.07) is 7.93. The zero-order valence-electron chi connectivity index (χ0n) is 8.66. The Balaban J connectivity index is 2.59. The summed E-state index contributed by atoms with van der Waals surface area (Å²) in [4.78, 5) is 8.09. The third-order valence-electron chi connectivity index (χ3n) is 2.51. The van der Waals surface area contributed by atoms with Crippen LogP contribution in [0.15, 0.2) is 30.6 Å². The van der Waals surface area contributed by atoms with E-state index in [9.17, 15) is 0 Å². The van der Waals surface area contributed by atoms with E-state index < -0.39 is 0 Å². The van der Waals surface area contributed by atoms with E-state index in [0.29, 0.717) is 5.15 Å². The summed E-state index contributed by atoms with van der Waals surface area (Å²) in [5.74, 6) is 0. The first-order chi connectivity index (χ1) is 7.18. The fourth-order valence-electron chi connectivity index (χ4n) is 1.51. The molecule has 0 atom stereocenters. The third kappa shape index (κ3) is 2.00. The van der Waals surface area contributed by atoms with Crippen molar-refractivity contribution >= 4 is 11.6 Å². The first-order valence-electron chi connectivity index (χ1n) is 4.72. The number of hydrogen-bond donors (Lipinski definition) is 0. The Morgan fingerprint density at radius 3 is 2.67 bits per heavy atom. The minimum Gasteiger partial charge on any atom is -0.236 e. The van der Waals surface area contributed by atoms with E-state index >= 15 is 0 Å². The van der Waals surface area contributed by atoms with Crippen LogP contribution in [0.5, 0.6) is 0 Å². The van der Waals surface area contributed by atoms with Gasteiger partial charge in [-0.1, -0.05) is 29.8 Å². The van der Waals surface area contributed by atoms with Crippen LogP contribution in [-0.2, 0) is 0 Å². The molecule has 0 bridgehead atoms. The normalized spacial score (nSPS) is 10.3. The summed E-state index contributed by atoms with van der Waals surface area (Å²) in [6.45, 7) is 4.17. The summed E-state index contributed by atoms with van der Waals surface area (Å²) < 4.78 is 0. The number of benzene rings is 1. The topological polar surface area (TPSA) is 25.8 Å². The van der Waals surface area contributed by atoms with Crippen molar-refractivity contribution < 1.29 is 0 Å². The van der Waals surface area contributed by atoms with E-state index in [4.69, 9.17) is 11.6 Å². The number of rotatable bonds is 1. The van der Waals surface area contributed by atoms with Gasteiger partial charge in [0.05, 0.1) is 5.69 Å². The minimum atomic E-state index is 0.473. The van der Waals surface area contributed by atoms with E-state index in [1.807, 2.05) is 12.1 Å². The lowest BCUT2D eigenvalue weighted by atomic mass is 10.0. The van der Waals surface area contributed by atoms with E-state index in [0.717, 1.165) is 11.3 Å². The van der Waals surface area contributed by atoms with Crippen LogP contribution in [0.2, 0.25) is 5.15 Å². The SMILES string of the molecule is Cc1cccc(-c2cc(Cl)ncn2)c1C. The highest BCUT2D eigenvalue weighted by Gasteiger charge is 2.05. The molecule has 0 unspecified atom stereocenters. The third-order valence-corrected chi connectivity index (χ3v) is 2.72. The highest BCUT2D eigenvalue weighted by molar-refractivity contribution is 6.29. The average Bonchev–Trinajstić information content (AvgIpc) is 2.22. The van der Waals surface area contributed by atoms with E-state index in [1.54, 1.807) is 6.07 Å². The Morgan fingerprint density at radius 1 is 1.13 bits per heavy atom. The van der Waals surface area contributed by atoms with Crippen LogP contribution in [0.25, 0.3) is 11.3 Å². The zero-order valence-corrected chi connectivity index (χ0v) is 9.42. The Labute approximate surface area is 94.0 Å². The Morgan fingerprint density at radius 2 is 1.93 bits per heavy atom. The minimum absolute atomic E-state index is 0.473. The summed E-state index contributed by atoms with van der Waals surface area (Å²) in [5.41, 5.74) is 4.46. The van der Waals surface area contributed by atoms with Crippen molar-refractivity contribution in [3.63, 3.8) is 0 Å². The molecule has 0 saturated carbocycles. The lowest BCUT2D eigenvalue weighted by Crippen LogP contribution is -1.90. The van der Waals surface area contributed by atoms with Gasteiger partial charge in [0.1, 0.15) is 11.5 Å². The lowest BCUT2D eigenvalue weighted by molar-refractivity contribution is 1.16. The number of aromatic nitrogens is 2. The van der Waals surface area contributed by atoms with Gasteiger partial charge in [-0.3, -0.25) is 0 Å². The summed E-state index contributed by atoms with van der Waals surface area (Å²) in [6.07, 6.45) is 1.49. The van der Waals surface area contributed by atoms with Gasteiger partial charge in [0.2, 0.25) is 0 Å². The maximum atomic E-state index is 5.84. The fraction of sp³-hybridized carbons (Fsp3) is 0.167. The van der Waals surface area contributed by atoms with Gasteiger partial charge in [-0.05, 0) is 25.0 Å². The molecule has 0 saturated heterocycles. The molecule has 2 nitrogen and oxygen atoms in total. The molecular formula is C12H11ClN2. The highest BCUT2D eigenvalue weighted by atomic mass is 35.5. The first kappa shape index (κ1) is 10.1. The van der Waals surface area contributed by atoms with Gasteiger partial charge < -0.3 is 0 Å². The summed E-state index contributed by atoms with van der Waals surface area (Å²) in [5, 5.41) is 0.473. The molecule has 0 amide bonds. The van der Waals surface area contributed by atoms with Crippen molar-refractivity contribution in [3.05, 3.63) is 46.9 Å². The van der Waals surface area contributed by atoms with Gasteiger partial charge >= 0.3 is 0 Å². The van der Waals surface area contributed by atoms with Crippen molar-refractivity contribution in [2.45, 2.75) is 13.8 Å². The number of aryl methyl sites for hydroxylation is 1. The van der Waals surface area contributed by atoms with E-state index in [2.05, 4.69) is 29.9 Å². The molecule has 76 valence electrons. The van der Waals surface area contributed by atoms with Crippen LogP contribution < -0.4 is 0 Å². The monoisotopic (exact) mass is 218 g/mol. The van der Waals surface area contributed by atoms with E-state index in [1.165, 1.54) is 17.5 Å². The molecule has 1 aromatic carbocycles. The van der Waals surface area contributed by atoms with Gasteiger partial charge in [0, 0.05) is 11.6 Å². The van der Waals surface area contributed by atoms with Crippen LogP contribution in [0, 0.1) is 13.8 Å². The van der Waals surface area contributed by atoms with Crippen LogP contribution in [0.4, 0.5) is 0 Å². The Bertz CT molecular complexity index is 495. The summed E-state index contributed by atoms with van der Waals surface area (Å²) in [7, 11) is 0. The van der Waals surface area contributed by atoms with Gasteiger partial charge in [-0.2, -0.15) is 0 Å². The van der Waals surface area contributed by atoms with Gasteiger partial charge in [-0.25, -0.2) is 9.97 Å². The highest BCUT2D eigenvalue weighted by Crippen LogP contribution is 2.24. The molecule has 15 heavy (non-hydrogen) atoms. The molecule has 0 radical (unpaired) electrons. The van der Waals surface area contributed by atoms with Gasteiger partial charge in [-0.15, -0.1) is 0 Å². The molecule has 2 aromatic rings. The molecule has 1 heterocycles. The maximum absolute atomic E-state index is 5.84. The predicted molar refractivity (Wildman–Crippen MR) is 62.0 cm³/mol. The molecule has 1 aromatic heterocycles. The number of halogens is 1. The maximum Gasteiger partial charge on any atom is 0.133 e. The molecule has 0 aliphatic rings. The lowest BCUT2D eigenvalue weighted by Gasteiger charge is -2.07. The molecule has 0 fully saturated rings. The van der Waals surface area contributed by atoms with Crippen molar-refractivity contribution in [2.24, 2.45) is 0 Å². The van der Waals surface area contributed by atoms with Crippen LogP contribution in [0.3, 0.4) is 0 Å². The smallest absolute Gasteiger partial charge is 0.133 e. The van der Waals surface area contributed by atoms with Gasteiger partial charge in [0.25, 0.3) is 0 Å². The molecule has 0 aliphatic carbocycles. The number of nitrogens with zero attached hydrogens (tertiary/aromatic N) is 2. The number of hydrogen-bond acceptors (Lipinski definition) is 2. The van der Waals surface area contributed by atoms with Crippen molar-refractivity contribution in [3.8, 4) is 11.3 Å². The van der Waals surface area contributed by atoms with Crippen molar-refractivity contribution in [1.82, 2.24) is 9.97 Å². The molecule has 3 heteroatoms. The second-order valence-electron chi connectivity index (χ2n) is 3.47. The van der Waals surface area contributed by atoms with Crippen LogP contribution >= 0.6 is 11.6 Å². The first-order valence-corrected chi connectivity index (χ1v) is 5.10. The molecular weight excluding hydrogens is 208 g/mol. The standard InChI is InChI=1S/C12H11ClN2/c1-8-4-3-5-10(9(8)2)11-6-12(13)15-7-14-11/h3-7H,1-2H3. The van der Waals surface area contributed by atoms with Crippen LogP contribution in [-0.4, -0.2) is 9.97 Å². The largest absolute Gasteiger partial charge is 0.236 e. The Hall–Kier alpha value is -1.41. The Kier molecular flexibility index (Phi) is 2.69. The van der Waals surface area contributed by atoms with Gasteiger partial charge in [0.15, 0.2) is 0 Å². The second kappa shape index (κ2) is 3.99. The molecule has 0 spiro atoms. The zero-order chi connectivity index (χ0) is 10.8. The molecule has 0 aliphatic heterocycles. The second-order valence-corrected chi connectivity index (χ2v) is 3.86. The summed E-state index contributed by atoms with van der Waals surface area (Å²) >= 11 is 5.84. The quantitative estimate of drug-likeness (QED) is 0.686. The molecule has 0 N–H and O–H groups in total. The van der Waals surface area contributed by atoms with Crippen molar-refractivity contribution in [2.75, 3.05) is 0 Å². The van der Waals surface area contributed by atoms with Crippen LogP contribution in [0.1, 0.15) is 11.1 Å². The van der Waals surface area contributed by atoms with Crippen molar-refractivity contribution in [1.29, 1.82) is 0 Å². The molecule has 2 rings (SSSR count). The average molecular weight is 219 g/mol. The van der Waals surface area contributed by atoms with E-state index in [-0.39, 0.29) is 0 Å².